The number of alkyl halides is 1. The maximum absolute atomic E-state index is 5.65. The maximum atomic E-state index is 5.65. The van der Waals surface area contributed by atoms with Crippen LogP contribution >= 0.6 is 15.9 Å². The fourth-order valence-electron chi connectivity index (χ4n) is 2.08. The zero-order valence-corrected chi connectivity index (χ0v) is 13.0. The van der Waals surface area contributed by atoms with Crippen molar-refractivity contribution in [1.82, 2.24) is 0 Å². The summed E-state index contributed by atoms with van der Waals surface area (Å²) in [7, 11) is 0. The molecule has 0 radical (unpaired) electrons. The first-order valence-electron chi connectivity index (χ1n) is 6.22. The van der Waals surface area contributed by atoms with Gasteiger partial charge in [-0.15, -0.1) is 0 Å². The van der Waals surface area contributed by atoms with Gasteiger partial charge in [-0.1, -0.05) is 48.8 Å². The van der Waals surface area contributed by atoms with Gasteiger partial charge in [-0.2, -0.15) is 0 Å². The standard InChI is InChI=1S/C15H23BrO/c1-11(2)17-14-8-6-13(7-9-14)15(4,5)10-12(3)16/h6-9,11-12H,10H2,1-5H3. The summed E-state index contributed by atoms with van der Waals surface area (Å²) in [6.45, 7) is 10.8. The lowest BCUT2D eigenvalue weighted by Gasteiger charge is -2.27. The van der Waals surface area contributed by atoms with Crippen LogP contribution in [0.2, 0.25) is 0 Å². The van der Waals surface area contributed by atoms with E-state index in [9.17, 15) is 0 Å². The Bertz CT molecular complexity index is 338. The van der Waals surface area contributed by atoms with Crippen LogP contribution in [0, 0.1) is 0 Å². The summed E-state index contributed by atoms with van der Waals surface area (Å²) in [5.74, 6) is 0.950. The van der Waals surface area contributed by atoms with Crippen LogP contribution in [0.15, 0.2) is 24.3 Å². The SMILES string of the molecule is CC(Br)CC(C)(C)c1ccc(OC(C)C)cc1. The Morgan fingerprint density at radius 2 is 1.65 bits per heavy atom. The summed E-state index contributed by atoms with van der Waals surface area (Å²) in [6, 6.07) is 8.48. The molecule has 17 heavy (non-hydrogen) atoms. The number of ether oxygens (including phenoxy) is 1. The molecule has 1 aromatic carbocycles. The molecule has 0 aliphatic rings. The molecule has 0 saturated heterocycles. The van der Waals surface area contributed by atoms with E-state index in [0.717, 1.165) is 12.2 Å². The summed E-state index contributed by atoms with van der Waals surface area (Å²) in [6.07, 6.45) is 1.36. The Labute approximate surface area is 114 Å². The van der Waals surface area contributed by atoms with Crippen LogP contribution < -0.4 is 4.74 Å². The molecular formula is C15H23BrO. The van der Waals surface area contributed by atoms with Gasteiger partial charge in [0, 0.05) is 4.83 Å². The fourth-order valence-corrected chi connectivity index (χ4v) is 2.89. The van der Waals surface area contributed by atoms with Gasteiger partial charge in [0.25, 0.3) is 0 Å². The van der Waals surface area contributed by atoms with Crippen molar-refractivity contribution in [1.29, 1.82) is 0 Å². The molecule has 0 bridgehead atoms. The van der Waals surface area contributed by atoms with Crippen LogP contribution in [0.25, 0.3) is 0 Å². The normalized spacial score (nSPS) is 13.8. The minimum absolute atomic E-state index is 0.194. The van der Waals surface area contributed by atoms with Gasteiger partial charge < -0.3 is 4.74 Å². The summed E-state index contributed by atoms with van der Waals surface area (Å²) >= 11 is 3.63. The van der Waals surface area contributed by atoms with E-state index in [0.29, 0.717) is 4.83 Å². The van der Waals surface area contributed by atoms with Crippen LogP contribution in [0.5, 0.6) is 5.75 Å². The molecule has 0 aromatic heterocycles. The first-order chi connectivity index (χ1) is 7.81. The molecule has 0 aliphatic heterocycles. The number of hydrogen-bond acceptors (Lipinski definition) is 1. The maximum Gasteiger partial charge on any atom is 0.119 e. The van der Waals surface area contributed by atoms with Crippen LogP contribution in [0.1, 0.15) is 46.6 Å². The van der Waals surface area contributed by atoms with Crippen LogP contribution in [-0.4, -0.2) is 10.9 Å². The second-order valence-electron chi connectivity index (χ2n) is 5.56. The van der Waals surface area contributed by atoms with Gasteiger partial charge in [0.1, 0.15) is 5.75 Å². The molecule has 1 rings (SSSR count). The van der Waals surface area contributed by atoms with Crippen molar-refractivity contribution in [3.63, 3.8) is 0 Å². The second kappa shape index (κ2) is 5.90. The van der Waals surface area contributed by atoms with Gasteiger partial charge in [0.15, 0.2) is 0 Å². The van der Waals surface area contributed by atoms with E-state index in [4.69, 9.17) is 4.74 Å². The minimum Gasteiger partial charge on any atom is -0.491 e. The first kappa shape index (κ1) is 14.6. The van der Waals surface area contributed by atoms with Crippen LogP contribution in [-0.2, 0) is 5.41 Å². The summed E-state index contributed by atoms with van der Waals surface area (Å²) in [5.41, 5.74) is 1.55. The smallest absolute Gasteiger partial charge is 0.119 e. The summed E-state index contributed by atoms with van der Waals surface area (Å²) in [5, 5.41) is 0. The Balaban J connectivity index is 2.79. The molecule has 0 spiro atoms. The lowest BCUT2D eigenvalue weighted by molar-refractivity contribution is 0.242. The van der Waals surface area contributed by atoms with Gasteiger partial charge in [-0.25, -0.2) is 0 Å². The highest BCUT2D eigenvalue weighted by Crippen LogP contribution is 2.31. The van der Waals surface area contributed by atoms with Gasteiger partial charge >= 0.3 is 0 Å². The number of rotatable bonds is 5. The Morgan fingerprint density at radius 3 is 2.06 bits per heavy atom. The van der Waals surface area contributed by atoms with Gasteiger partial charge in [0.2, 0.25) is 0 Å². The van der Waals surface area contributed by atoms with Crippen molar-refractivity contribution in [2.24, 2.45) is 0 Å². The molecule has 2 heteroatoms. The summed E-state index contributed by atoms with van der Waals surface area (Å²) in [4.78, 5) is 0.532. The van der Waals surface area contributed by atoms with E-state index in [-0.39, 0.29) is 11.5 Å². The monoisotopic (exact) mass is 298 g/mol. The predicted molar refractivity (Wildman–Crippen MR) is 78.2 cm³/mol. The number of hydrogen-bond donors (Lipinski definition) is 0. The first-order valence-corrected chi connectivity index (χ1v) is 7.14. The predicted octanol–water partition coefficient (Wildman–Crippen LogP) is 4.92. The number of halogens is 1. The van der Waals surface area contributed by atoms with E-state index in [1.165, 1.54) is 5.56 Å². The highest BCUT2D eigenvalue weighted by Gasteiger charge is 2.22. The van der Waals surface area contributed by atoms with Gasteiger partial charge in [0.05, 0.1) is 6.10 Å². The third-order valence-corrected chi connectivity index (χ3v) is 3.12. The van der Waals surface area contributed by atoms with Crippen LogP contribution in [0.4, 0.5) is 0 Å². The van der Waals surface area contributed by atoms with E-state index in [1.807, 2.05) is 13.8 Å². The third kappa shape index (κ3) is 4.71. The Hall–Kier alpha value is -0.500. The van der Waals surface area contributed by atoms with E-state index < -0.39 is 0 Å². The van der Waals surface area contributed by atoms with E-state index in [2.05, 4.69) is 61.0 Å². The molecule has 1 atom stereocenters. The van der Waals surface area contributed by atoms with Crippen molar-refractivity contribution in [2.75, 3.05) is 0 Å². The van der Waals surface area contributed by atoms with Crippen molar-refractivity contribution in [2.45, 2.75) is 57.4 Å². The molecule has 0 fully saturated rings. The van der Waals surface area contributed by atoms with Crippen molar-refractivity contribution in [3.8, 4) is 5.75 Å². The van der Waals surface area contributed by atoms with Crippen LogP contribution in [0.3, 0.4) is 0 Å². The quantitative estimate of drug-likeness (QED) is 0.701. The number of benzene rings is 1. The second-order valence-corrected chi connectivity index (χ2v) is 7.12. The molecule has 1 aromatic rings. The Morgan fingerprint density at radius 1 is 1.12 bits per heavy atom. The van der Waals surface area contributed by atoms with Crippen molar-refractivity contribution < 1.29 is 4.74 Å². The summed E-state index contributed by atoms with van der Waals surface area (Å²) < 4.78 is 5.65. The topological polar surface area (TPSA) is 9.23 Å². The molecule has 0 amide bonds. The molecule has 1 unspecified atom stereocenters. The minimum atomic E-state index is 0.194. The van der Waals surface area contributed by atoms with Gasteiger partial charge in [-0.05, 0) is 43.4 Å². The molecule has 0 N–H and O–H groups in total. The third-order valence-electron chi connectivity index (χ3n) is 2.80. The molecule has 0 saturated carbocycles. The molecule has 0 aliphatic carbocycles. The molecule has 96 valence electrons. The largest absolute Gasteiger partial charge is 0.491 e. The zero-order valence-electron chi connectivity index (χ0n) is 11.5. The lowest BCUT2D eigenvalue weighted by atomic mass is 9.81. The fraction of sp³-hybridized carbons (Fsp3) is 0.600. The highest BCUT2D eigenvalue weighted by atomic mass is 79.9. The molecule has 1 nitrogen and oxygen atoms in total. The highest BCUT2D eigenvalue weighted by molar-refractivity contribution is 9.09. The lowest BCUT2D eigenvalue weighted by Crippen LogP contribution is -2.20. The molecular weight excluding hydrogens is 276 g/mol. The zero-order chi connectivity index (χ0) is 13.1. The van der Waals surface area contributed by atoms with E-state index in [1.54, 1.807) is 0 Å². The van der Waals surface area contributed by atoms with Crippen molar-refractivity contribution >= 4 is 15.9 Å². The molecule has 0 heterocycles. The Kier molecular flexibility index (Phi) is 5.05. The van der Waals surface area contributed by atoms with E-state index >= 15 is 0 Å². The average molecular weight is 299 g/mol. The van der Waals surface area contributed by atoms with Gasteiger partial charge in [-0.3, -0.25) is 0 Å². The van der Waals surface area contributed by atoms with Crippen molar-refractivity contribution in [3.05, 3.63) is 29.8 Å². The average Bonchev–Trinajstić information content (AvgIpc) is 2.15.